The molecule has 2 N–H and O–H groups in total. The summed E-state index contributed by atoms with van der Waals surface area (Å²) in [6.07, 6.45) is 0.204. The zero-order valence-corrected chi connectivity index (χ0v) is 14.7. The average molecular weight is 422 g/mol. The lowest BCUT2D eigenvalue weighted by atomic mass is 10.2. The molecule has 26 heavy (non-hydrogen) atoms. The summed E-state index contributed by atoms with van der Waals surface area (Å²) in [5.74, 6) is -0.114. The highest BCUT2D eigenvalue weighted by Gasteiger charge is 2.27. The van der Waals surface area contributed by atoms with E-state index >= 15 is 0 Å². The van der Waals surface area contributed by atoms with Crippen LogP contribution in [0.2, 0.25) is 0 Å². The van der Waals surface area contributed by atoms with Crippen LogP contribution in [0.3, 0.4) is 0 Å². The zero-order valence-electron chi connectivity index (χ0n) is 13.1. The highest BCUT2D eigenvalue weighted by atomic mass is 79.9. The highest BCUT2D eigenvalue weighted by molar-refractivity contribution is 9.10. The number of carbonyl (C=O) groups excluding carboxylic acids is 1. The number of hydrogen-bond acceptors (Lipinski definition) is 7. The summed E-state index contributed by atoms with van der Waals surface area (Å²) in [7, 11) is 0. The number of halogens is 1. The fourth-order valence-electron chi connectivity index (χ4n) is 2.23. The molecule has 0 saturated heterocycles. The van der Waals surface area contributed by atoms with E-state index in [4.69, 9.17) is 9.47 Å². The Kier molecular flexibility index (Phi) is 5.03. The number of aromatic hydroxyl groups is 1. The number of nitro groups is 1. The fourth-order valence-corrected chi connectivity index (χ4v) is 2.69. The van der Waals surface area contributed by atoms with Crippen molar-refractivity contribution in [2.24, 2.45) is 5.10 Å². The molecule has 0 aromatic heterocycles. The van der Waals surface area contributed by atoms with Crippen LogP contribution in [0.25, 0.3) is 0 Å². The number of rotatable bonds is 4. The Morgan fingerprint density at radius 2 is 2.12 bits per heavy atom. The first-order valence-electron chi connectivity index (χ1n) is 7.34. The van der Waals surface area contributed by atoms with Crippen LogP contribution in [0.15, 0.2) is 46.0 Å². The molecular weight excluding hydrogens is 410 g/mol. The lowest BCUT2D eigenvalue weighted by molar-refractivity contribution is -0.385. The van der Waals surface area contributed by atoms with Crippen molar-refractivity contribution in [3.63, 3.8) is 0 Å². The second-order valence-corrected chi connectivity index (χ2v) is 6.13. The molecule has 9 nitrogen and oxygen atoms in total. The molecule has 0 bridgehead atoms. The predicted molar refractivity (Wildman–Crippen MR) is 94.6 cm³/mol. The molecule has 0 aliphatic carbocycles. The quantitative estimate of drug-likeness (QED) is 0.443. The van der Waals surface area contributed by atoms with Crippen LogP contribution in [0, 0.1) is 10.1 Å². The van der Waals surface area contributed by atoms with E-state index in [1.807, 2.05) is 0 Å². The van der Waals surface area contributed by atoms with Gasteiger partial charge in [-0.25, -0.2) is 5.43 Å². The number of amides is 1. The van der Waals surface area contributed by atoms with E-state index in [2.05, 4.69) is 26.5 Å². The molecule has 2 aromatic carbocycles. The summed E-state index contributed by atoms with van der Waals surface area (Å²) in [5.41, 5.74) is 1.84. The van der Waals surface area contributed by atoms with Crippen molar-refractivity contribution < 1.29 is 24.3 Å². The fraction of sp³-hybridized carbons (Fsp3) is 0.125. The third-order valence-corrected chi connectivity index (χ3v) is 3.92. The molecule has 134 valence electrons. The van der Waals surface area contributed by atoms with Crippen LogP contribution < -0.4 is 14.9 Å². The Hall–Kier alpha value is -3.14. The van der Waals surface area contributed by atoms with Crippen molar-refractivity contribution in [2.45, 2.75) is 6.10 Å². The Balaban J connectivity index is 1.68. The van der Waals surface area contributed by atoms with E-state index in [-0.39, 0.29) is 12.2 Å². The van der Waals surface area contributed by atoms with Crippen LogP contribution >= 0.6 is 15.9 Å². The van der Waals surface area contributed by atoms with Crippen molar-refractivity contribution in [3.05, 3.63) is 56.5 Å². The lowest BCUT2D eigenvalue weighted by Gasteiger charge is -2.24. The minimum absolute atomic E-state index is 0.0198. The van der Waals surface area contributed by atoms with Crippen molar-refractivity contribution in [1.82, 2.24) is 5.43 Å². The summed E-state index contributed by atoms with van der Waals surface area (Å²) < 4.78 is 11.4. The van der Waals surface area contributed by atoms with Gasteiger partial charge in [-0.2, -0.15) is 5.10 Å². The van der Waals surface area contributed by atoms with Crippen LogP contribution in [0.4, 0.5) is 5.69 Å². The molecule has 1 heterocycles. The van der Waals surface area contributed by atoms with Gasteiger partial charge < -0.3 is 14.6 Å². The second kappa shape index (κ2) is 7.40. The van der Waals surface area contributed by atoms with Gasteiger partial charge in [0.15, 0.2) is 11.5 Å². The van der Waals surface area contributed by atoms with E-state index in [9.17, 15) is 20.0 Å². The number of phenolic OH excluding ortho intramolecular Hbond substituents is 1. The molecule has 0 unspecified atom stereocenters. The lowest BCUT2D eigenvalue weighted by Crippen LogP contribution is -2.42. The second-order valence-electron chi connectivity index (χ2n) is 5.22. The maximum Gasteiger partial charge on any atom is 0.312 e. The van der Waals surface area contributed by atoms with Crippen molar-refractivity contribution in [2.75, 3.05) is 6.61 Å². The van der Waals surface area contributed by atoms with Gasteiger partial charge in [-0.3, -0.25) is 14.9 Å². The Morgan fingerprint density at radius 3 is 2.85 bits per heavy atom. The van der Waals surface area contributed by atoms with E-state index in [0.717, 1.165) is 12.3 Å². The Labute approximate surface area is 155 Å². The summed E-state index contributed by atoms with van der Waals surface area (Å²) in [5, 5.41) is 24.5. The molecule has 1 amide bonds. The summed E-state index contributed by atoms with van der Waals surface area (Å²) in [6.45, 7) is 0.0198. The van der Waals surface area contributed by atoms with Crippen molar-refractivity contribution in [3.8, 4) is 17.2 Å². The molecule has 0 radical (unpaired) electrons. The standard InChI is InChI=1S/C16H12BrN3O6/c17-10-5-9(15(21)11(6-10)20(23)24)7-18-19-16(22)14-8-25-12-3-1-2-4-13(12)26-14/h1-7,14,21H,8H2,(H,19,22)/b18-7-/t14-/m0/s1. The first-order chi connectivity index (χ1) is 12.5. The molecule has 0 spiro atoms. The topological polar surface area (TPSA) is 123 Å². The van der Waals surface area contributed by atoms with Crippen molar-refractivity contribution in [1.29, 1.82) is 0 Å². The number of ether oxygens (including phenoxy) is 2. The maximum atomic E-state index is 12.1. The normalized spacial score (nSPS) is 15.7. The van der Waals surface area contributed by atoms with E-state index in [0.29, 0.717) is 16.0 Å². The third-order valence-electron chi connectivity index (χ3n) is 3.46. The average Bonchev–Trinajstić information content (AvgIpc) is 2.63. The molecule has 10 heteroatoms. The van der Waals surface area contributed by atoms with Gasteiger partial charge in [0.05, 0.1) is 11.1 Å². The van der Waals surface area contributed by atoms with Crippen LogP contribution in [0.1, 0.15) is 5.56 Å². The highest BCUT2D eigenvalue weighted by Crippen LogP contribution is 2.32. The molecule has 0 saturated carbocycles. The Bertz CT molecular complexity index is 902. The zero-order chi connectivity index (χ0) is 18.7. The van der Waals surface area contributed by atoms with Crippen LogP contribution in [-0.4, -0.2) is 34.9 Å². The number of carbonyl (C=O) groups is 1. The molecular formula is C16H12BrN3O6. The molecule has 3 rings (SSSR count). The van der Waals surface area contributed by atoms with Gasteiger partial charge in [-0.15, -0.1) is 0 Å². The first kappa shape index (κ1) is 17.7. The molecule has 0 fully saturated rings. The van der Waals surface area contributed by atoms with E-state index < -0.39 is 28.4 Å². The van der Waals surface area contributed by atoms with Gasteiger partial charge in [0.25, 0.3) is 5.91 Å². The van der Waals surface area contributed by atoms with Gasteiger partial charge in [0.1, 0.15) is 6.61 Å². The number of benzene rings is 2. The summed E-state index contributed by atoms with van der Waals surface area (Å²) in [6, 6.07) is 9.53. The summed E-state index contributed by atoms with van der Waals surface area (Å²) in [4.78, 5) is 22.3. The number of nitrogens with zero attached hydrogens (tertiary/aromatic N) is 2. The van der Waals surface area contributed by atoms with Crippen molar-refractivity contribution >= 4 is 33.7 Å². The molecule has 2 aromatic rings. The number of phenols is 1. The third kappa shape index (κ3) is 3.75. The van der Waals surface area contributed by atoms with Gasteiger partial charge in [-0.1, -0.05) is 28.1 Å². The first-order valence-corrected chi connectivity index (χ1v) is 8.13. The largest absolute Gasteiger partial charge is 0.502 e. The number of nitrogens with one attached hydrogen (secondary N) is 1. The number of nitro benzene ring substituents is 1. The molecule has 1 atom stereocenters. The number of hydrazone groups is 1. The number of para-hydroxylation sites is 2. The van der Waals surface area contributed by atoms with Gasteiger partial charge in [0.2, 0.25) is 11.9 Å². The van der Waals surface area contributed by atoms with Crippen LogP contribution in [-0.2, 0) is 4.79 Å². The van der Waals surface area contributed by atoms with Gasteiger partial charge in [-0.05, 0) is 18.2 Å². The number of hydrogen-bond donors (Lipinski definition) is 2. The van der Waals surface area contributed by atoms with Gasteiger partial charge >= 0.3 is 5.69 Å². The predicted octanol–water partition coefficient (Wildman–Crippen LogP) is 2.35. The Morgan fingerprint density at radius 1 is 1.38 bits per heavy atom. The minimum Gasteiger partial charge on any atom is -0.502 e. The summed E-state index contributed by atoms with van der Waals surface area (Å²) >= 11 is 3.11. The molecule has 1 aliphatic heterocycles. The monoisotopic (exact) mass is 421 g/mol. The van der Waals surface area contributed by atoms with E-state index in [1.54, 1.807) is 24.3 Å². The SMILES string of the molecule is O=C(N/N=C\c1cc(Br)cc([N+](=O)[O-])c1O)[C@@H]1COc2ccccc2O1. The molecule has 1 aliphatic rings. The minimum atomic E-state index is -0.896. The van der Waals surface area contributed by atoms with Gasteiger partial charge in [0, 0.05) is 16.1 Å². The maximum absolute atomic E-state index is 12.1. The smallest absolute Gasteiger partial charge is 0.312 e. The number of fused-ring (bicyclic) bond motifs is 1. The van der Waals surface area contributed by atoms with Crippen LogP contribution in [0.5, 0.6) is 17.2 Å². The van der Waals surface area contributed by atoms with E-state index in [1.165, 1.54) is 6.07 Å².